The maximum atomic E-state index is 12.4. The molecule has 2 N–H and O–H groups in total. The minimum atomic E-state index is -1.88. The largest absolute Gasteiger partial charge is 0.415 e. The molecule has 0 saturated carbocycles. The van der Waals surface area contributed by atoms with Crippen LogP contribution in [0.2, 0.25) is 18.1 Å². The molecule has 0 aromatic heterocycles. The van der Waals surface area contributed by atoms with Crippen LogP contribution in [0, 0.1) is 5.92 Å². The van der Waals surface area contributed by atoms with Gasteiger partial charge in [-0.05, 0) is 35.7 Å². The number of hydrogen-bond donors (Lipinski definition) is 1. The fourth-order valence-corrected chi connectivity index (χ4v) is 4.09. The quantitative estimate of drug-likeness (QED) is 0.837. The first-order chi connectivity index (χ1) is 11.0. The van der Waals surface area contributed by atoms with Gasteiger partial charge in [0.1, 0.15) is 0 Å². The molecule has 24 heavy (non-hydrogen) atoms. The molecule has 0 spiro atoms. The van der Waals surface area contributed by atoms with E-state index in [9.17, 15) is 4.79 Å². The zero-order valence-corrected chi connectivity index (χ0v) is 17.1. The number of fused-ring (bicyclic) bond motifs is 1. The summed E-state index contributed by atoms with van der Waals surface area (Å²) in [6, 6.07) is 7.85. The lowest BCUT2D eigenvalue weighted by atomic mass is 9.83. The van der Waals surface area contributed by atoms with Crippen LogP contribution < -0.4 is 10.6 Å². The summed E-state index contributed by atoms with van der Waals surface area (Å²) in [4.78, 5) is 14.3. The lowest BCUT2D eigenvalue weighted by molar-refractivity contribution is -0.117. The summed E-state index contributed by atoms with van der Waals surface area (Å²) in [5.74, 6) is 0.193. The van der Waals surface area contributed by atoms with Gasteiger partial charge in [0.05, 0.1) is 12.6 Å². The van der Waals surface area contributed by atoms with Crippen LogP contribution >= 0.6 is 0 Å². The van der Waals surface area contributed by atoms with Crippen LogP contribution in [0.4, 0.5) is 5.69 Å². The highest BCUT2D eigenvalue weighted by atomic mass is 28.4. The van der Waals surface area contributed by atoms with Crippen molar-refractivity contribution in [3.63, 3.8) is 0 Å². The number of anilines is 1. The first-order valence-electron chi connectivity index (χ1n) is 8.75. The second-order valence-electron chi connectivity index (χ2n) is 8.47. The lowest BCUT2D eigenvalue weighted by Gasteiger charge is -2.46. The van der Waals surface area contributed by atoms with Gasteiger partial charge < -0.3 is 15.1 Å². The van der Waals surface area contributed by atoms with E-state index in [1.807, 2.05) is 29.2 Å². The molecule has 0 fully saturated rings. The Kier molecular flexibility index (Phi) is 5.28. The number of carbonyl (C=O) groups excluding carboxylic acids is 1. The van der Waals surface area contributed by atoms with Crippen LogP contribution in [0.1, 0.15) is 46.2 Å². The van der Waals surface area contributed by atoms with Crippen molar-refractivity contribution in [3.8, 4) is 0 Å². The molecule has 1 aliphatic rings. The molecule has 3 atom stereocenters. The van der Waals surface area contributed by atoms with Crippen LogP contribution in [-0.2, 0) is 9.22 Å². The van der Waals surface area contributed by atoms with Crippen molar-refractivity contribution in [2.45, 2.75) is 64.8 Å². The summed E-state index contributed by atoms with van der Waals surface area (Å²) in [6.45, 7) is 15.5. The van der Waals surface area contributed by atoms with E-state index in [0.717, 1.165) is 11.3 Å². The summed E-state index contributed by atoms with van der Waals surface area (Å²) in [7, 11) is -1.88. The second kappa shape index (κ2) is 6.62. The predicted molar refractivity (Wildman–Crippen MR) is 103 cm³/mol. The van der Waals surface area contributed by atoms with Crippen molar-refractivity contribution >= 4 is 19.9 Å². The number of hydrogen-bond acceptors (Lipinski definition) is 3. The van der Waals surface area contributed by atoms with E-state index < -0.39 is 8.32 Å². The first-order valence-corrected chi connectivity index (χ1v) is 11.7. The van der Waals surface area contributed by atoms with Gasteiger partial charge in [-0.15, -0.1) is 0 Å². The van der Waals surface area contributed by atoms with Crippen LogP contribution in [0.5, 0.6) is 0 Å². The third kappa shape index (κ3) is 3.43. The number of amides is 1. The Morgan fingerprint density at radius 3 is 2.42 bits per heavy atom. The minimum absolute atomic E-state index is 0.0264. The van der Waals surface area contributed by atoms with Gasteiger partial charge in [-0.1, -0.05) is 45.9 Å². The Morgan fingerprint density at radius 2 is 1.88 bits per heavy atom. The zero-order chi connectivity index (χ0) is 18.3. The summed E-state index contributed by atoms with van der Waals surface area (Å²) < 4.78 is 6.44. The number of carbonyl (C=O) groups is 1. The molecule has 0 bridgehead atoms. The van der Waals surface area contributed by atoms with Crippen LogP contribution in [0.15, 0.2) is 24.3 Å². The van der Waals surface area contributed by atoms with Gasteiger partial charge >= 0.3 is 0 Å². The molecule has 5 heteroatoms. The maximum Gasteiger partial charge on any atom is 0.224 e. The Labute approximate surface area is 147 Å². The van der Waals surface area contributed by atoms with Gasteiger partial charge in [0.15, 0.2) is 8.32 Å². The van der Waals surface area contributed by atoms with E-state index in [2.05, 4.69) is 40.8 Å². The third-order valence-electron chi connectivity index (χ3n) is 5.82. The molecule has 4 nitrogen and oxygen atoms in total. The molecular weight excluding hydrogens is 316 g/mol. The SMILES string of the molecule is CC(=O)N1c2ccccc2C(N)C(C)C1CO[Si](C)(C)C(C)(C)C. The van der Waals surface area contributed by atoms with Gasteiger partial charge in [0, 0.05) is 18.7 Å². The average Bonchev–Trinajstić information content (AvgIpc) is 2.47. The Hall–Kier alpha value is -1.17. The molecule has 1 heterocycles. The first kappa shape index (κ1) is 19.2. The Balaban J connectivity index is 2.33. The number of rotatable bonds is 3. The number of benzene rings is 1. The van der Waals surface area contributed by atoms with Gasteiger partial charge in [-0.2, -0.15) is 0 Å². The molecule has 134 valence electrons. The van der Waals surface area contributed by atoms with E-state index in [4.69, 9.17) is 10.2 Å². The highest BCUT2D eigenvalue weighted by molar-refractivity contribution is 6.74. The van der Waals surface area contributed by atoms with Gasteiger partial charge in [0.2, 0.25) is 5.91 Å². The molecule has 2 rings (SSSR count). The topological polar surface area (TPSA) is 55.6 Å². The predicted octanol–water partition coefficient (Wildman–Crippen LogP) is 4.08. The monoisotopic (exact) mass is 348 g/mol. The normalized spacial score (nSPS) is 24.7. The minimum Gasteiger partial charge on any atom is -0.415 e. The van der Waals surface area contributed by atoms with E-state index in [1.165, 1.54) is 0 Å². The highest BCUT2D eigenvalue weighted by Crippen LogP contribution is 2.41. The smallest absolute Gasteiger partial charge is 0.224 e. The third-order valence-corrected chi connectivity index (χ3v) is 10.3. The highest BCUT2D eigenvalue weighted by Gasteiger charge is 2.42. The number of nitrogens with two attached hydrogens (primary N) is 1. The van der Waals surface area contributed by atoms with Crippen molar-refractivity contribution in [2.75, 3.05) is 11.5 Å². The molecule has 0 radical (unpaired) electrons. The molecule has 1 aromatic carbocycles. The van der Waals surface area contributed by atoms with Crippen LogP contribution in [-0.4, -0.2) is 26.9 Å². The van der Waals surface area contributed by atoms with Gasteiger partial charge in [-0.25, -0.2) is 0 Å². The Bertz CT molecular complexity index is 610. The number of nitrogens with zero attached hydrogens (tertiary/aromatic N) is 1. The fraction of sp³-hybridized carbons (Fsp3) is 0.632. The van der Waals surface area contributed by atoms with Crippen molar-refractivity contribution in [3.05, 3.63) is 29.8 Å². The van der Waals surface area contributed by atoms with Crippen molar-refractivity contribution < 1.29 is 9.22 Å². The maximum absolute atomic E-state index is 12.4. The number of para-hydroxylation sites is 1. The van der Waals surface area contributed by atoms with E-state index in [1.54, 1.807) is 6.92 Å². The standard InChI is InChI=1S/C19H32N2O2Si/c1-13-17(12-23-24(6,7)19(3,4)5)21(14(2)22)16-11-9-8-10-15(16)18(13)20/h8-11,13,17-18H,12,20H2,1-7H3. The summed E-state index contributed by atoms with van der Waals surface area (Å²) >= 11 is 0. The van der Waals surface area contributed by atoms with Crippen LogP contribution in [0.25, 0.3) is 0 Å². The molecule has 0 aliphatic carbocycles. The van der Waals surface area contributed by atoms with Gasteiger partial charge in [0.25, 0.3) is 0 Å². The average molecular weight is 349 g/mol. The second-order valence-corrected chi connectivity index (χ2v) is 13.3. The van der Waals surface area contributed by atoms with Crippen molar-refractivity contribution in [1.82, 2.24) is 0 Å². The molecule has 3 unspecified atom stereocenters. The van der Waals surface area contributed by atoms with Gasteiger partial charge in [-0.3, -0.25) is 4.79 Å². The van der Waals surface area contributed by atoms with E-state index in [-0.39, 0.29) is 28.9 Å². The van der Waals surface area contributed by atoms with Crippen LogP contribution in [0.3, 0.4) is 0 Å². The summed E-state index contributed by atoms with van der Waals surface area (Å²) in [6.07, 6.45) is 0. The van der Waals surface area contributed by atoms with E-state index in [0.29, 0.717) is 6.61 Å². The fourth-order valence-electron chi connectivity index (χ4n) is 3.06. The summed E-state index contributed by atoms with van der Waals surface area (Å²) in [5.41, 5.74) is 8.46. The Morgan fingerprint density at radius 1 is 1.29 bits per heavy atom. The molecular formula is C19H32N2O2Si. The summed E-state index contributed by atoms with van der Waals surface area (Å²) in [5, 5.41) is 0.145. The molecule has 1 amide bonds. The zero-order valence-electron chi connectivity index (χ0n) is 16.1. The van der Waals surface area contributed by atoms with Crippen molar-refractivity contribution in [2.24, 2.45) is 11.7 Å². The molecule has 1 aliphatic heterocycles. The molecule has 1 aromatic rings. The van der Waals surface area contributed by atoms with E-state index >= 15 is 0 Å². The van der Waals surface area contributed by atoms with Crippen molar-refractivity contribution in [1.29, 1.82) is 0 Å². The lowest BCUT2D eigenvalue weighted by Crippen LogP contribution is -2.54. The molecule has 0 saturated heterocycles.